The number of hydrogen-bond donors (Lipinski definition) is 1. The van der Waals surface area contributed by atoms with Gasteiger partial charge in [-0.3, -0.25) is 4.79 Å². The zero-order chi connectivity index (χ0) is 13.8. The molecule has 1 fully saturated rings. The van der Waals surface area contributed by atoms with Gasteiger partial charge in [0.15, 0.2) is 5.78 Å². The first kappa shape index (κ1) is 13.9. The fourth-order valence-corrected chi connectivity index (χ4v) is 2.36. The minimum absolute atomic E-state index is 0.0183. The van der Waals surface area contributed by atoms with Crippen LogP contribution in [0.5, 0.6) is 5.75 Å². The summed E-state index contributed by atoms with van der Waals surface area (Å²) in [5.74, 6) is -0.236. The van der Waals surface area contributed by atoms with E-state index in [1.54, 1.807) is 6.92 Å². The van der Waals surface area contributed by atoms with Gasteiger partial charge in [-0.1, -0.05) is 11.6 Å². The van der Waals surface area contributed by atoms with Crippen molar-refractivity contribution in [3.63, 3.8) is 0 Å². The summed E-state index contributed by atoms with van der Waals surface area (Å²) in [4.78, 5) is 14.2. The van der Waals surface area contributed by atoms with Crippen LogP contribution in [0.25, 0.3) is 0 Å². The zero-order valence-corrected chi connectivity index (χ0v) is 11.8. The lowest BCUT2D eigenvalue weighted by Crippen LogP contribution is -2.24. The van der Waals surface area contributed by atoms with Gasteiger partial charge in [0.05, 0.1) is 5.56 Å². The molecule has 3 nitrogen and oxygen atoms in total. The average molecular weight is 280 g/mol. The molecule has 1 heterocycles. The number of hydrogen-bond acceptors (Lipinski definition) is 3. The summed E-state index contributed by atoms with van der Waals surface area (Å²) < 4.78 is 0. The Morgan fingerprint density at radius 1 is 1.32 bits per heavy atom. The molecule has 0 saturated carbocycles. The first-order valence-corrected chi connectivity index (χ1v) is 6.91. The molecular formula is C15H18ClNO2. The van der Waals surface area contributed by atoms with Crippen LogP contribution in [0.15, 0.2) is 24.4 Å². The van der Waals surface area contributed by atoms with E-state index in [-0.39, 0.29) is 17.1 Å². The number of aromatic hydroxyl groups is 1. The van der Waals surface area contributed by atoms with E-state index in [9.17, 15) is 9.90 Å². The molecule has 2 rings (SSSR count). The van der Waals surface area contributed by atoms with Crippen molar-refractivity contribution in [2.75, 3.05) is 13.1 Å². The molecule has 0 unspecified atom stereocenters. The lowest BCUT2D eigenvalue weighted by Gasteiger charge is -2.24. The molecular weight excluding hydrogens is 262 g/mol. The topological polar surface area (TPSA) is 40.5 Å². The number of rotatable bonds is 3. The standard InChI is InChI=1S/C15H18ClNO2/c1-11-9-15(19)12(10-13(11)16)14(18)5-8-17-6-3-2-4-7-17/h5,8-10,19H,2-4,6-7H2,1H3/b8-5+. The van der Waals surface area contributed by atoms with Gasteiger partial charge in [-0.05, 0) is 43.9 Å². The van der Waals surface area contributed by atoms with Crippen LogP contribution in [0.1, 0.15) is 35.2 Å². The number of carbonyl (C=O) groups is 1. The smallest absolute Gasteiger partial charge is 0.191 e. The summed E-state index contributed by atoms with van der Waals surface area (Å²) in [6.07, 6.45) is 6.91. The summed E-state index contributed by atoms with van der Waals surface area (Å²) in [7, 11) is 0. The normalized spacial score (nSPS) is 16.0. The lowest BCUT2D eigenvalue weighted by atomic mass is 10.1. The van der Waals surface area contributed by atoms with Gasteiger partial charge in [0, 0.05) is 30.4 Å². The molecule has 1 aromatic rings. The monoisotopic (exact) mass is 279 g/mol. The van der Waals surface area contributed by atoms with Crippen molar-refractivity contribution < 1.29 is 9.90 Å². The van der Waals surface area contributed by atoms with E-state index in [0.29, 0.717) is 5.02 Å². The van der Waals surface area contributed by atoms with Gasteiger partial charge < -0.3 is 10.0 Å². The molecule has 0 radical (unpaired) electrons. The Morgan fingerprint density at radius 3 is 2.68 bits per heavy atom. The molecule has 0 bridgehead atoms. The summed E-state index contributed by atoms with van der Waals surface area (Å²) >= 11 is 5.98. The number of phenols is 1. The highest BCUT2D eigenvalue weighted by atomic mass is 35.5. The highest BCUT2D eigenvalue weighted by Crippen LogP contribution is 2.26. The van der Waals surface area contributed by atoms with Crippen LogP contribution in [0.4, 0.5) is 0 Å². The minimum atomic E-state index is -0.218. The second kappa shape index (κ2) is 6.11. The van der Waals surface area contributed by atoms with Gasteiger partial charge in [0.2, 0.25) is 0 Å². The summed E-state index contributed by atoms with van der Waals surface area (Å²) in [6, 6.07) is 3.04. The van der Waals surface area contributed by atoms with Crippen LogP contribution >= 0.6 is 11.6 Å². The van der Waals surface area contributed by atoms with Crippen molar-refractivity contribution in [1.29, 1.82) is 0 Å². The Hall–Kier alpha value is -1.48. The van der Waals surface area contributed by atoms with Crippen molar-refractivity contribution >= 4 is 17.4 Å². The van der Waals surface area contributed by atoms with E-state index in [1.165, 1.54) is 37.5 Å². The number of benzene rings is 1. The number of likely N-dealkylation sites (tertiary alicyclic amines) is 1. The number of aryl methyl sites for hydroxylation is 1. The van der Waals surface area contributed by atoms with E-state index < -0.39 is 0 Å². The summed E-state index contributed by atoms with van der Waals surface area (Å²) in [6.45, 7) is 3.77. The Balaban J connectivity index is 2.11. The third kappa shape index (κ3) is 3.51. The van der Waals surface area contributed by atoms with Gasteiger partial charge in [0.25, 0.3) is 0 Å². The van der Waals surface area contributed by atoms with Crippen molar-refractivity contribution in [2.24, 2.45) is 0 Å². The second-order valence-electron chi connectivity index (χ2n) is 4.90. The van der Waals surface area contributed by atoms with Crippen LogP contribution in [0.3, 0.4) is 0 Å². The molecule has 1 N–H and O–H groups in total. The highest BCUT2D eigenvalue weighted by molar-refractivity contribution is 6.32. The molecule has 1 saturated heterocycles. The number of ketones is 1. The first-order valence-electron chi connectivity index (χ1n) is 6.53. The molecule has 0 amide bonds. The number of allylic oxidation sites excluding steroid dienone is 1. The molecule has 102 valence electrons. The van der Waals surface area contributed by atoms with E-state index in [2.05, 4.69) is 4.90 Å². The molecule has 0 spiro atoms. The molecule has 1 aromatic carbocycles. The Morgan fingerprint density at radius 2 is 2.00 bits per heavy atom. The molecule has 0 aromatic heterocycles. The quantitative estimate of drug-likeness (QED) is 0.680. The highest BCUT2D eigenvalue weighted by Gasteiger charge is 2.12. The maximum atomic E-state index is 12.0. The second-order valence-corrected chi connectivity index (χ2v) is 5.30. The lowest BCUT2D eigenvalue weighted by molar-refractivity contribution is 0.104. The Bertz CT molecular complexity index is 505. The summed E-state index contributed by atoms with van der Waals surface area (Å²) in [5.41, 5.74) is 1.01. The number of carbonyl (C=O) groups excluding carboxylic acids is 1. The van der Waals surface area contributed by atoms with Crippen LogP contribution in [-0.4, -0.2) is 28.9 Å². The van der Waals surface area contributed by atoms with E-state index in [1.807, 2.05) is 6.20 Å². The number of halogens is 1. The van der Waals surface area contributed by atoms with E-state index in [0.717, 1.165) is 18.7 Å². The van der Waals surface area contributed by atoms with Gasteiger partial charge in [-0.25, -0.2) is 0 Å². The Kier molecular flexibility index (Phi) is 4.48. The van der Waals surface area contributed by atoms with Crippen molar-refractivity contribution in [2.45, 2.75) is 26.2 Å². The largest absolute Gasteiger partial charge is 0.507 e. The SMILES string of the molecule is Cc1cc(O)c(C(=O)/C=C/N2CCCCC2)cc1Cl. The number of piperidine rings is 1. The van der Waals surface area contributed by atoms with Crippen LogP contribution in [0.2, 0.25) is 5.02 Å². The maximum absolute atomic E-state index is 12.0. The fraction of sp³-hybridized carbons (Fsp3) is 0.400. The van der Waals surface area contributed by atoms with Crippen LogP contribution in [-0.2, 0) is 0 Å². The third-order valence-corrected chi connectivity index (χ3v) is 3.78. The fourth-order valence-electron chi connectivity index (χ4n) is 2.19. The predicted molar refractivity (Wildman–Crippen MR) is 76.7 cm³/mol. The first-order chi connectivity index (χ1) is 9.08. The van der Waals surface area contributed by atoms with Crippen molar-refractivity contribution in [3.05, 3.63) is 40.6 Å². The van der Waals surface area contributed by atoms with Crippen LogP contribution < -0.4 is 0 Å². The predicted octanol–water partition coefficient (Wildman–Crippen LogP) is 3.54. The molecule has 1 aliphatic heterocycles. The van der Waals surface area contributed by atoms with E-state index in [4.69, 9.17) is 11.6 Å². The third-order valence-electron chi connectivity index (χ3n) is 3.37. The number of nitrogens with zero attached hydrogens (tertiary/aromatic N) is 1. The van der Waals surface area contributed by atoms with Gasteiger partial charge in [0.1, 0.15) is 5.75 Å². The van der Waals surface area contributed by atoms with Gasteiger partial charge in [-0.2, -0.15) is 0 Å². The molecule has 19 heavy (non-hydrogen) atoms. The van der Waals surface area contributed by atoms with Crippen LogP contribution in [0, 0.1) is 6.92 Å². The number of phenolic OH excluding ortho intramolecular Hbond substituents is 1. The van der Waals surface area contributed by atoms with Crippen molar-refractivity contribution in [1.82, 2.24) is 4.90 Å². The Labute approximate surface area is 118 Å². The van der Waals surface area contributed by atoms with Gasteiger partial charge in [-0.15, -0.1) is 0 Å². The maximum Gasteiger partial charge on any atom is 0.191 e. The van der Waals surface area contributed by atoms with Crippen molar-refractivity contribution in [3.8, 4) is 5.75 Å². The molecule has 1 aliphatic rings. The molecule has 0 aliphatic carbocycles. The summed E-state index contributed by atoms with van der Waals surface area (Å²) in [5, 5.41) is 10.3. The average Bonchev–Trinajstić information content (AvgIpc) is 2.41. The van der Waals surface area contributed by atoms with Gasteiger partial charge >= 0.3 is 0 Å². The zero-order valence-electron chi connectivity index (χ0n) is 11.0. The molecule has 4 heteroatoms. The van der Waals surface area contributed by atoms with E-state index >= 15 is 0 Å². The minimum Gasteiger partial charge on any atom is -0.507 e. The molecule has 0 atom stereocenters.